The summed E-state index contributed by atoms with van der Waals surface area (Å²) in [5.74, 6) is -14.9. The van der Waals surface area contributed by atoms with Crippen molar-refractivity contribution in [2.75, 3.05) is 96.3 Å². The van der Waals surface area contributed by atoms with Crippen LogP contribution in [0.25, 0.3) is 0 Å². The van der Waals surface area contributed by atoms with Crippen molar-refractivity contribution in [3.05, 3.63) is 12.2 Å². The lowest BCUT2D eigenvalue weighted by Gasteiger charge is -2.54. The van der Waals surface area contributed by atoms with Crippen LogP contribution in [-0.4, -0.2) is 290 Å². The van der Waals surface area contributed by atoms with Crippen LogP contribution in [0.4, 0.5) is 26.3 Å². The summed E-state index contributed by atoms with van der Waals surface area (Å²) in [6, 6.07) is -11.0. The van der Waals surface area contributed by atoms with Crippen LogP contribution >= 0.6 is 0 Å². The standard InChI is InChI=1S/C77H122F6N12O14/c1-17-46(5)62-71(105)89(11)42-61(98)90(12)54-26-20-19-23-35-94(70(54)104)57(36-47-27-31-50(32-28-47)76(78,79)80)69(103)88(10)41-59(96)84-53(34-30-48-29-33-52(77(81,82)83)58(37-48)108-16)67(101)95-40-51(109-18-2)38-55(95)65(99)86-75(43-74(6,7)44-75)73(107)93(15)64(49-24-21-22-25-49)72(106)91(13)56(68(102)87(8)9)39-60(97)92(14)63(45(3)4)66(100)85-62/h19-20,45-58,62-64H,17-18,21-44H2,1-16H3,(H,84,96)(H,85,100)(H,86,99)/b20-19-/t46-,47?,48?,50?,51+,52?,53-,54-,55-,56-,57-,58?,62-,63-,64-/m0/s1. The van der Waals surface area contributed by atoms with E-state index in [4.69, 9.17) is 9.47 Å². The molecule has 4 saturated carbocycles. The number of amides is 12. The third-order valence-corrected chi connectivity index (χ3v) is 24.5. The van der Waals surface area contributed by atoms with Gasteiger partial charge in [0.1, 0.15) is 53.9 Å². The molecule has 12 amide bonds. The Morgan fingerprint density at radius 3 is 1.85 bits per heavy atom. The van der Waals surface area contributed by atoms with Crippen LogP contribution in [-0.2, 0) is 67.0 Å². The summed E-state index contributed by atoms with van der Waals surface area (Å²) in [4.78, 5) is 193. The van der Waals surface area contributed by atoms with Crippen molar-refractivity contribution >= 4 is 70.9 Å². The number of hydrogen-bond acceptors (Lipinski definition) is 14. The fraction of sp³-hybridized carbons (Fsp3) is 0.818. The van der Waals surface area contributed by atoms with Crippen LogP contribution in [0.3, 0.4) is 0 Å². The van der Waals surface area contributed by atoms with Crippen molar-refractivity contribution in [2.24, 2.45) is 46.8 Å². The summed E-state index contributed by atoms with van der Waals surface area (Å²) in [6.07, 6.45) is -6.33. The molecule has 0 aromatic rings. The molecule has 1 spiro atoms. The van der Waals surface area contributed by atoms with Crippen molar-refractivity contribution in [1.82, 2.24) is 60.0 Å². The molecule has 26 nitrogen and oxygen atoms in total. The molecule has 7 rings (SSSR count). The molecule has 2 bridgehead atoms. The zero-order valence-electron chi connectivity index (χ0n) is 66.9. The SMILES string of the molecule is CCO[C@@H]1C[C@H]2C(=O)NC3(CC(C)(C)C3)C(=O)N(C)[C@@H](C3CCCC3)C(=O)N(C)[C@H](C(=O)N(C)C)CC(=O)N(C)[C@@H](C(C)C)C(=O)N[C@@H]([C@@H](C)CC)C(=O)N(C)CC(=O)N(C)[C@H]3C/C=C\CCN(C3=O)[C@@H](CC3CCC(C(F)(F)F)CC3)C(=O)N(C)CC(=O)N[C@@H](CCC3CCC(C(F)(F)F)C(OC)C3)C(=O)N2C1. The van der Waals surface area contributed by atoms with Gasteiger partial charge < -0.3 is 69.5 Å². The van der Waals surface area contributed by atoms with Gasteiger partial charge in [0.25, 0.3) is 0 Å². The number of fused-ring (bicyclic) bond motifs is 3. The lowest BCUT2D eigenvalue weighted by molar-refractivity contribution is -0.215. The highest BCUT2D eigenvalue weighted by atomic mass is 19.4. The first-order valence-electron chi connectivity index (χ1n) is 39.1. The first-order chi connectivity index (χ1) is 50.9. The lowest BCUT2D eigenvalue weighted by atomic mass is 9.58. The smallest absolute Gasteiger partial charge is 0.381 e. The van der Waals surface area contributed by atoms with Crippen LogP contribution < -0.4 is 16.0 Å². The molecule has 616 valence electrons. The predicted octanol–water partition coefficient (Wildman–Crippen LogP) is 6.33. The van der Waals surface area contributed by atoms with E-state index < -0.39 is 216 Å². The Morgan fingerprint density at radius 2 is 1.28 bits per heavy atom. The second-order valence-corrected chi connectivity index (χ2v) is 33.5. The molecule has 3 aliphatic heterocycles. The molecule has 3 unspecified atom stereocenters. The second-order valence-electron chi connectivity index (χ2n) is 33.5. The molecule has 109 heavy (non-hydrogen) atoms. The number of carbonyl (C=O) groups is 12. The number of nitrogens with one attached hydrogen (secondary N) is 3. The number of hydrogen-bond donors (Lipinski definition) is 3. The molecule has 0 radical (unpaired) electrons. The van der Waals surface area contributed by atoms with Gasteiger partial charge in [0.15, 0.2) is 0 Å². The van der Waals surface area contributed by atoms with E-state index in [2.05, 4.69) is 16.0 Å². The Bertz CT molecular complexity index is 3280. The quantitative estimate of drug-likeness (QED) is 0.134. The van der Waals surface area contributed by atoms with E-state index >= 15 is 28.8 Å². The number of ether oxygens (including phenoxy) is 2. The Morgan fingerprint density at radius 1 is 0.661 bits per heavy atom. The van der Waals surface area contributed by atoms with E-state index in [1.54, 1.807) is 46.8 Å². The molecule has 3 heterocycles. The molecular weight excluding hydrogens is 1430 g/mol. The normalized spacial score (nSPS) is 31.6. The fourth-order valence-electron chi connectivity index (χ4n) is 18.2. The molecule has 6 fully saturated rings. The van der Waals surface area contributed by atoms with Crippen LogP contribution in [0.15, 0.2) is 12.2 Å². The molecule has 13 atom stereocenters. The van der Waals surface area contributed by atoms with Crippen LogP contribution in [0.1, 0.15) is 183 Å². The van der Waals surface area contributed by atoms with E-state index in [1.807, 2.05) is 13.8 Å². The van der Waals surface area contributed by atoms with E-state index in [9.17, 15) is 55.1 Å². The number of methoxy groups -OCH3 is 1. The number of likely N-dealkylation sites (N-methyl/N-ethyl adjacent to an activating group) is 7. The number of halogens is 6. The third-order valence-electron chi connectivity index (χ3n) is 24.5. The van der Waals surface area contributed by atoms with E-state index in [0.29, 0.717) is 32.1 Å². The largest absolute Gasteiger partial charge is 0.394 e. The monoisotopic (exact) mass is 1550 g/mol. The average molecular weight is 1550 g/mol. The highest BCUT2D eigenvalue weighted by Crippen LogP contribution is 2.50. The van der Waals surface area contributed by atoms with Gasteiger partial charge in [-0.15, -0.1) is 0 Å². The van der Waals surface area contributed by atoms with Gasteiger partial charge in [-0.3, -0.25) is 57.5 Å². The maximum absolute atomic E-state index is 15.8. The van der Waals surface area contributed by atoms with Gasteiger partial charge in [-0.25, -0.2) is 0 Å². The van der Waals surface area contributed by atoms with Gasteiger partial charge in [0, 0.05) is 89.6 Å². The molecule has 0 aromatic heterocycles. The fourth-order valence-corrected chi connectivity index (χ4v) is 18.2. The number of rotatable bonds is 13. The Kier molecular flexibility index (Phi) is 30.6. The predicted molar refractivity (Wildman–Crippen MR) is 391 cm³/mol. The minimum absolute atomic E-state index is 0.0332. The van der Waals surface area contributed by atoms with Gasteiger partial charge in [-0.1, -0.05) is 73.0 Å². The first kappa shape index (κ1) is 89.1. The third kappa shape index (κ3) is 21.6. The minimum atomic E-state index is -4.57. The Hall–Kier alpha value is -7.12. The summed E-state index contributed by atoms with van der Waals surface area (Å²) in [6.45, 7) is 10.8. The second kappa shape index (κ2) is 37.5. The minimum Gasteiger partial charge on any atom is -0.381 e. The molecule has 3 N–H and O–H groups in total. The highest BCUT2D eigenvalue weighted by molar-refractivity contribution is 6.01. The lowest BCUT2D eigenvalue weighted by Crippen LogP contribution is -2.71. The van der Waals surface area contributed by atoms with Crippen LogP contribution in [0, 0.1) is 46.8 Å². The molecule has 4 aliphatic carbocycles. The molecule has 32 heteroatoms. The number of alkyl halides is 6. The first-order valence-corrected chi connectivity index (χ1v) is 39.1. The topological polar surface area (TPSA) is 289 Å². The Balaban J connectivity index is 1.34. The maximum atomic E-state index is 15.8. The summed E-state index contributed by atoms with van der Waals surface area (Å²) in [5.41, 5.74) is -2.26. The summed E-state index contributed by atoms with van der Waals surface area (Å²) in [7, 11) is 12.3. The zero-order chi connectivity index (χ0) is 81.3. The van der Waals surface area contributed by atoms with Gasteiger partial charge in [0.05, 0.1) is 43.6 Å². The van der Waals surface area contributed by atoms with Crippen molar-refractivity contribution < 1.29 is 93.4 Å². The van der Waals surface area contributed by atoms with Crippen molar-refractivity contribution in [3.8, 4) is 0 Å². The van der Waals surface area contributed by atoms with Gasteiger partial charge >= 0.3 is 12.4 Å². The average Bonchev–Trinajstić information content (AvgIpc) is 1.29. The van der Waals surface area contributed by atoms with Crippen molar-refractivity contribution in [3.63, 3.8) is 0 Å². The van der Waals surface area contributed by atoms with E-state index in [0.717, 1.165) is 24.5 Å². The summed E-state index contributed by atoms with van der Waals surface area (Å²) in [5, 5.41) is 8.69. The van der Waals surface area contributed by atoms with Crippen molar-refractivity contribution in [1.29, 1.82) is 0 Å². The van der Waals surface area contributed by atoms with Crippen molar-refractivity contribution in [2.45, 2.75) is 262 Å². The summed E-state index contributed by atoms with van der Waals surface area (Å²) >= 11 is 0. The maximum Gasteiger partial charge on any atom is 0.394 e. The van der Waals surface area contributed by atoms with Gasteiger partial charge in [0.2, 0.25) is 70.9 Å². The molecular formula is C77H122F6N12O14. The zero-order valence-corrected chi connectivity index (χ0v) is 66.9. The van der Waals surface area contributed by atoms with Gasteiger partial charge in [-0.05, 0) is 145 Å². The number of carbonyl (C=O) groups excluding carboxylic acids is 12. The van der Waals surface area contributed by atoms with Crippen LogP contribution in [0.2, 0.25) is 0 Å². The number of nitrogens with zero attached hydrogens (tertiary/aromatic N) is 9. The van der Waals surface area contributed by atoms with Crippen LogP contribution in [0.5, 0.6) is 0 Å². The van der Waals surface area contributed by atoms with E-state index in [1.165, 1.54) is 83.1 Å². The Labute approximate surface area is 638 Å². The summed E-state index contributed by atoms with van der Waals surface area (Å²) < 4.78 is 97.0. The van der Waals surface area contributed by atoms with E-state index in [-0.39, 0.29) is 116 Å². The molecule has 2 saturated heterocycles. The molecule has 0 aromatic carbocycles. The van der Waals surface area contributed by atoms with Gasteiger partial charge in [-0.2, -0.15) is 26.3 Å². The highest BCUT2D eigenvalue weighted by Gasteiger charge is 2.60. The molecule has 7 aliphatic rings.